The summed E-state index contributed by atoms with van der Waals surface area (Å²) in [6, 6.07) is 20.7. The van der Waals surface area contributed by atoms with Gasteiger partial charge in [-0.05, 0) is 72.2 Å². The lowest BCUT2D eigenvalue weighted by molar-refractivity contribution is -0.122. The Bertz CT molecular complexity index is 1330. The molecule has 0 bridgehead atoms. The second kappa shape index (κ2) is 9.68. The first-order valence-corrected chi connectivity index (χ1v) is 10.8. The van der Waals surface area contributed by atoms with Gasteiger partial charge in [-0.3, -0.25) is 19.8 Å². The van der Waals surface area contributed by atoms with E-state index in [1.807, 2.05) is 19.1 Å². The minimum atomic E-state index is -0.998. The van der Waals surface area contributed by atoms with Crippen LogP contribution in [0.4, 0.5) is 5.69 Å². The highest BCUT2D eigenvalue weighted by molar-refractivity contribution is 7.80. The predicted molar refractivity (Wildman–Crippen MR) is 132 cm³/mol. The van der Waals surface area contributed by atoms with Crippen molar-refractivity contribution >= 4 is 46.9 Å². The van der Waals surface area contributed by atoms with E-state index < -0.39 is 17.8 Å². The topological polar surface area (TPSA) is 95.9 Å². The van der Waals surface area contributed by atoms with Crippen LogP contribution in [0, 0.1) is 6.92 Å². The SMILES string of the molecule is Cc1ccccc1N1C(=O)/C(=C\c2ccc(OCc3cccc(C(=O)O)c3)cc2)C(=O)NC1=S. The molecule has 1 aliphatic heterocycles. The first-order chi connectivity index (χ1) is 16.3. The van der Waals surface area contributed by atoms with E-state index in [1.54, 1.807) is 54.6 Å². The van der Waals surface area contributed by atoms with Gasteiger partial charge in [-0.15, -0.1) is 0 Å². The monoisotopic (exact) mass is 472 g/mol. The zero-order valence-electron chi connectivity index (χ0n) is 18.1. The van der Waals surface area contributed by atoms with E-state index in [0.717, 1.165) is 11.1 Å². The summed E-state index contributed by atoms with van der Waals surface area (Å²) in [6.07, 6.45) is 1.50. The van der Waals surface area contributed by atoms with Crippen LogP contribution in [0.5, 0.6) is 5.75 Å². The molecule has 7 nitrogen and oxygen atoms in total. The van der Waals surface area contributed by atoms with E-state index in [1.165, 1.54) is 17.0 Å². The second-order valence-corrected chi connectivity index (χ2v) is 7.99. The molecule has 1 aliphatic rings. The summed E-state index contributed by atoms with van der Waals surface area (Å²) in [5, 5.41) is 11.7. The number of nitrogens with zero attached hydrogens (tertiary/aromatic N) is 1. The maximum absolute atomic E-state index is 13.1. The third kappa shape index (κ3) is 4.87. The van der Waals surface area contributed by atoms with Crippen molar-refractivity contribution in [1.82, 2.24) is 5.32 Å². The van der Waals surface area contributed by atoms with E-state index in [4.69, 9.17) is 22.1 Å². The number of anilines is 1. The summed E-state index contributed by atoms with van der Waals surface area (Å²) in [7, 11) is 0. The van der Waals surface area contributed by atoms with Crippen LogP contribution in [0.25, 0.3) is 6.08 Å². The van der Waals surface area contributed by atoms with E-state index in [2.05, 4.69) is 5.32 Å². The van der Waals surface area contributed by atoms with Gasteiger partial charge in [-0.1, -0.05) is 42.5 Å². The molecule has 4 rings (SSSR count). The molecule has 0 saturated carbocycles. The van der Waals surface area contributed by atoms with E-state index in [9.17, 15) is 14.4 Å². The quantitative estimate of drug-likeness (QED) is 0.319. The van der Waals surface area contributed by atoms with Crippen molar-refractivity contribution < 1.29 is 24.2 Å². The Kier molecular flexibility index (Phi) is 6.51. The third-order valence-electron chi connectivity index (χ3n) is 5.23. The minimum Gasteiger partial charge on any atom is -0.489 e. The Balaban J connectivity index is 1.51. The molecule has 8 heteroatoms. The number of benzene rings is 3. The fourth-order valence-electron chi connectivity index (χ4n) is 3.48. The average Bonchev–Trinajstić information content (AvgIpc) is 2.82. The molecule has 0 aliphatic carbocycles. The molecule has 0 aromatic heterocycles. The molecule has 170 valence electrons. The van der Waals surface area contributed by atoms with E-state index in [-0.39, 0.29) is 22.9 Å². The largest absolute Gasteiger partial charge is 0.489 e. The van der Waals surface area contributed by atoms with Crippen molar-refractivity contribution in [3.05, 3.63) is 101 Å². The van der Waals surface area contributed by atoms with Gasteiger partial charge in [0.15, 0.2) is 5.11 Å². The average molecular weight is 473 g/mol. The normalized spacial score (nSPS) is 14.8. The Labute approximate surface area is 201 Å². The van der Waals surface area contributed by atoms with Crippen molar-refractivity contribution in [2.75, 3.05) is 4.90 Å². The molecule has 0 unspecified atom stereocenters. The molecule has 3 aromatic rings. The molecular formula is C26H20N2O5S. The van der Waals surface area contributed by atoms with E-state index >= 15 is 0 Å². The molecule has 3 aromatic carbocycles. The smallest absolute Gasteiger partial charge is 0.335 e. The molecule has 0 radical (unpaired) electrons. The molecule has 1 heterocycles. The number of thiocarbonyl (C=S) groups is 1. The van der Waals surface area contributed by atoms with Crippen LogP contribution in [-0.2, 0) is 16.2 Å². The van der Waals surface area contributed by atoms with Crippen molar-refractivity contribution in [2.24, 2.45) is 0 Å². The lowest BCUT2D eigenvalue weighted by atomic mass is 10.1. The fourth-order valence-corrected chi connectivity index (χ4v) is 3.75. The van der Waals surface area contributed by atoms with Crippen LogP contribution in [0.3, 0.4) is 0 Å². The first kappa shape index (κ1) is 22.9. The van der Waals surface area contributed by atoms with Gasteiger partial charge in [-0.2, -0.15) is 0 Å². The molecule has 0 atom stereocenters. The van der Waals surface area contributed by atoms with Crippen molar-refractivity contribution in [3.63, 3.8) is 0 Å². The predicted octanol–water partition coefficient (Wildman–Crippen LogP) is 4.10. The Morgan fingerprint density at radius 2 is 1.79 bits per heavy atom. The van der Waals surface area contributed by atoms with Crippen molar-refractivity contribution in [3.8, 4) is 5.75 Å². The highest BCUT2D eigenvalue weighted by Gasteiger charge is 2.34. The number of aromatic carboxylic acids is 1. The summed E-state index contributed by atoms with van der Waals surface area (Å²) in [5.74, 6) is -1.49. The van der Waals surface area contributed by atoms with Gasteiger partial charge < -0.3 is 9.84 Å². The summed E-state index contributed by atoms with van der Waals surface area (Å²) < 4.78 is 5.73. The van der Waals surface area contributed by atoms with Crippen LogP contribution in [0.2, 0.25) is 0 Å². The van der Waals surface area contributed by atoms with Crippen LogP contribution < -0.4 is 15.0 Å². The number of carbonyl (C=O) groups excluding carboxylic acids is 2. The van der Waals surface area contributed by atoms with E-state index in [0.29, 0.717) is 17.0 Å². The Morgan fingerprint density at radius 1 is 1.06 bits per heavy atom. The summed E-state index contributed by atoms with van der Waals surface area (Å²) in [4.78, 5) is 38.1. The van der Waals surface area contributed by atoms with Crippen LogP contribution in [0.1, 0.15) is 27.0 Å². The maximum atomic E-state index is 13.1. The van der Waals surface area contributed by atoms with Gasteiger partial charge in [0.1, 0.15) is 17.9 Å². The standard InChI is InChI=1S/C26H20N2O5S/c1-16-5-2-3-8-22(16)28-24(30)21(23(29)27-26(28)34)14-17-9-11-20(12-10-17)33-15-18-6-4-7-19(13-18)25(31)32/h2-14H,15H2,1H3,(H,31,32)(H,27,29,34)/b21-14-. The number of ether oxygens (including phenoxy) is 1. The lowest BCUT2D eigenvalue weighted by Crippen LogP contribution is -2.54. The molecular weight excluding hydrogens is 452 g/mol. The highest BCUT2D eigenvalue weighted by Crippen LogP contribution is 2.25. The number of para-hydroxylation sites is 1. The molecule has 2 N–H and O–H groups in total. The zero-order valence-corrected chi connectivity index (χ0v) is 19.0. The summed E-state index contributed by atoms with van der Waals surface area (Å²) in [5.41, 5.74) is 2.98. The second-order valence-electron chi connectivity index (χ2n) is 7.61. The number of carboxylic acid groups (broad SMARTS) is 1. The number of carbonyl (C=O) groups is 3. The van der Waals surface area contributed by atoms with Crippen molar-refractivity contribution in [2.45, 2.75) is 13.5 Å². The number of rotatable bonds is 6. The summed E-state index contributed by atoms with van der Waals surface area (Å²) >= 11 is 5.25. The number of amides is 2. The van der Waals surface area contributed by atoms with Gasteiger partial charge in [0.2, 0.25) is 0 Å². The Hall–Kier alpha value is -4.30. The summed E-state index contributed by atoms with van der Waals surface area (Å²) in [6.45, 7) is 2.06. The maximum Gasteiger partial charge on any atom is 0.335 e. The molecule has 1 fully saturated rings. The first-order valence-electron chi connectivity index (χ1n) is 10.4. The van der Waals surface area contributed by atoms with Crippen LogP contribution >= 0.6 is 12.2 Å². The van der Waals surface area contributed by atoms with Gasteiger partial charge in [0.25, 0.3) is 11.8 Å². The number of carboxylic acids is 1. The molecule has 2 amide bonds. The molecule has 0 spiro atoms. The van der Waals surface area contributed by atoms with Gasteiger partial charge in [0.05, 0.1) is 11.3 Å². The highest BCUT2D eigenvalue weighted by atomic mass is 32.1. The van der Waals surface area contributed by atoms with Gasteiger partial charge in [0, 0.05) is 0 Å². The van der Waals surface area contributed by atoms with Crippen LogP contribution in [0.15, 0.2) is 78.4 Å². The molecule has 34 heavy (non-hydrogen) atoms. The van der Waals surface area contributed by atoms with Crippen LogP contribution in [-0.4, -0.2) is 28.0 Å². The number of aryl methyl sites for hydroxylation is 1. The minimum absolute atomic E-state index is 0.0315. The lowest BCUT2D eigenvalue weighted by Gasteiger charge is -2.30. The fraction of sp³-hybridized carbons (Fsp3) is 0.0769. The van der Waals surface area contributed by atoms with Gasteiger partial charge >= 0.3 is 5.97 Å². The van der Waals surface area contributed by atoms with Crippen molar-refractivity contribution in [1.29, 1.82) is 0 Å². The Morgan fingerprint density at radius 3 is 2.50 bits per heavy atom. The van der Waals surface area contributed by atoms with Gasteiger partial charge in [-0.25, -0.2) is 4.79 Å². The number of hydrogen-bond acceptors (Lipinski definition) is 5. The molecule has 1 saturated heterocycles. The number of hydrogen-bond donors (Lipinski definition) is 2. The zero-order chi connectivity index (χ0) is 24.2. The number of nitrogens with one attached hydrogen (secondary N) is 1. The third-order valence-corrected chi connectivity index (χ3v) is 5.51.